The second-order valence-electron chi connectivity index (χ2n) is 5.78. The molecule has 2 rings (SSSR count). The second kappa shape index (κ2) is 14.4. The van der Waals surface area contributed by atoms with Crippen LogP contribution >= 0.6 is 0 Å². The van der Waals surface area contributed by atoms with Crippen LogP contribution in [-0.2, 0) is 38.7 Å². The van der Waals surface area contributed by atoms with E-state index in [-0.39, 0.29) is 35.3 Å². The van der Waals surface area contributed by atoms with E-state index in [1.165, 1.54) is 24.0 Å². The van der Waals surface area contributed by atoms with Gasteiger partial charge in [0.25, 0.3) is 0 Å². The topological polar surface area (TPSA) is 0 Å². The van der Waals surface area contributed by atoms with Gasteiger partial charge < -0.3 is 9.41 Å². The molecule has 0 aliphatic carbocycles. The van der Waals surface area contributed by atoms with Crippen LogP contribution in [0.25, 0.3) is 0 Å². The first kappa shape index (κ1) is 25.4. The first-order valence-corrected chi connectivity index (χ1v) is 6.99. The summed E-state index contributed by atoms with van der Waals surface area (Å²) in [5.74, 6) is 1.57. The minimum Gasteiger partial charge on any atom is -1.00 e. The summed E-state index contributed by atoms with van der Waals surface area (Å²) >= 11 is 0. The second-order valence-corrected chi connectivity index (χ2v) is 5.78. The summed E-state index contributed by atoms with van der Waals surface area (Å²) in [5.41, 5.74) is 2.93. The third kappa shape index (κ3) is 12.9. The summed E-state index contributed by atoms with van der Waals surface area (Å²) in [6, 6.07) is 17.1. The van der Waals surface area contributed by atoms with Gasteiger partial charge in [0.2, 0.25) is 0 Å². The first-order valence-electron chi connectivity index (χ1n) is 6.99. The maximum absolute atomic E-state index is 2.24. The third-order valence-electron chi connectivity index (χ3n) is 2.75. The van der Waals surface area contributed by atoms with Gasteiger partial charge in [-0.1, -0.05) is 52.4 Å². The number of hydrogen-bond donors (Lipinski definition) is 0. The molecule has 0 aromatic heterocycles. The van der Waals surface area contributed by atoms with E-state index in [1.54, 1.807) is 0 Å². The van der Waals surface area contributed by atoms with Gasteiger partial charge in [-0.3, -0.25) is 0 Å². The maximum Gasteiger partial charge on any atom is 4.00 e. The van der Waals surface area contributed by atoms with Gasteiger partial charge >= 0.3 is 25.8 Å². The van der Waals surface area contributed by atoms with Crippen molar-refractivity contribution in [2.45, 2.75) is 40.5 Å². The molecule has 0 N–H and O–H groups in total. The summed E-state index contributed by atoms with van der Waals surface area (Å²) in [6.45, 7) is 8.97. The van der Waals surface area contributed by atoms with Gasteiger partial charge in [0, 0.05) is 0 Å². The monoisotopic (exact) mass is 460 g/mol. The fourth-order valence-electron chi connectivity index (χ4n) is 2.04. The summed E-state index contributed by atoms with van der Waals surface area (Å²) in [6.07, 6.45) is 2.43. The van der Waals surface area contributed by atoms with E-state index in [1.807, 2.05) is 0 Å². The predicted octanol–water partition coefficient (Wildman–Crippen LogP) is -0.786. The van der Waals surface area contributed by atoms with Crippen molar-refractivity contribution in [2.24, 2.45) is 11.8 Å². The van der Waals surface area contributed by atoms with Crippen LogP contribution in [0.4, 0.5) is 0 Å². The number of halogens is 2. The molecule has 0 amide bonds. The third-order valence-corrected chi connectivity index (χ3v) is 2.75. The largest absolute Gasteiger partial charge is 4.00 e. The molecular weight excluding hydrogens is 433 g/mol. The molecule has 2 aromatic carbocycles. The van der Waals surface area contributed by atoms with Crippen molar-refractivity contribution in [2.75, 3.05) is 0 Å². The Morgan fingerprint density at radius 3 is 1.05 bits per heavy atom. The molecule has 2 aromatic rings. The summed E-state index contributed by atoms with van der Waals surface area (Å²) in [5, 5.41) is 0. The average molecular weight is 459 g/mol. The van der Waals surface area contributed by atoms with Gasteiger partial charge in [0.05, 0.1) is 0 Å². The van der Waals surface area contributed by atoms with Crippen LogP contribution in [0.15, 0.2) is 48.5 Å². The normalized spacial score (nSPS) is 9.05. The van der Waals surface area contributed by atoms with E-state index >= 15 is 0 Å². The Morgan fingerprint density at radius 1 is 0.619 bits per heavy atom. The Labute approximate surface area is 147 Å². The molecule has 0 spiro atoms. The van der Waals surface area contributed by atoms with E-state index in [4.69, 9.17) is 0 Å². The molecule has 0 nitrogen and oxygen atoms in total. The number of rotatable bonds is 4. The SMILES string of the molecule is CC(C)C[c-]1cccc1.CC(C)C[c-]1cccc1.[F-].[F-].[Hf+4]. The van der Waals surface area contributed by atoms with Crippen LogP contribution in [-0.4, -0.2) is 0 Å². The van der Waals surface area contributed by atoms with Crippen LogP contribution in [0.3, 0.4) is 0 Å². The Balaban J connectivity index is -0.000000270. The van der Waals surface area contributed by atoms with Crippen LogP contribution < -0.4 is 9.41 Å². The molecule has 0 atom stereocenters. The summed E-state index contributed by atoms with van der Waals surface area (Å²) in [7, 11) is 0. The predicted molar refractivity (Wildman–Crippen MR) is 81.2 cm³/mol. The van der Waals surface area contributed by atoms with Crippen molar-refractivity contribution in [3.8, 4) is 0 Å². The molecule has 21 heavy (non-hydrogen) atoms. The van der Waals surface area contributed by atoms with E-state index < -0.39 is 0 Å². The molecule has 116 valence electrons. The molecule has 0 radical (unpaired) electrons. The zero-order valence-corrected chi connectivity index (χ0v) is 17.0. The fraction of sp³-hybridized carbons (Fsp3) is 0.444. The number of hydrogen-bond acceptors (Lipinski definition) is 0. The summed E-state index contributed by atoms with van der Waals surface area (Å²) in [4.78, 5) is 0. The van der Waals surface area contributed by atoms with Gasteiger partial charge in [-0.05, 0) is 0 Å². The Morgan fingerprint density at radius 2 is 0.857 bits per heavy atom. The van der Waals surface area contributed by atoms with Crippen molar-refractivity contribution in [1.82, 2.24) is 0 Å². The quantitative estimate of drug-likeness (QED) is 0.416. The smallest absolute Gasteiger partial charge is 1.00 e. The molecule has 0 fully saturated rings. The molecule has 0 aliphatic heterocycles. The first-order chi connectivity index (χ1) is 8.58. The van der Waals surface area contributed by atoms with Crippen LogP contribution in [0, 0.1) is 11.8 Å². The van der Waals surface area contributed by atoms with Crippen molar-refractivity contribution in [3.05, 3.63) is 59.7 Å². The van der Waals surface area contributed by atoms with E-state index in [0.717, 1.165) is 11.8 Å². The molecule has 0 aliphatic rings. The maximum atomic E-state index is 2.24. The Kier molecular flexibility index (Phi) is 17.4. The van der Waals surface area contributed by atoms with Crippen LogP contribution in [0.2, 0.25) is 0 Å². The Hall–Kier alpha value is -0.570. The molecule has 0 heterocycles. The van der Waals surface area contributed by atoms with Crippen molar-refractivity contribution in [3.63, 3.8) is 0 Å². The molecule has 0 unspecified atom stereocenters. The van der Waals surface area contributed by atoms with Crippen molar-refractivity contribution in [1.29, 1.82) is 0 Å². The van der Waals surface area contributed by atoms with Crippen LogP contribution in [0.1, 0.15) is 38.8 Å². The zero-order valence-electron chi connectivity index (χ0n) is 13.4. The fourth-order valence-corrected chi connectivity index (χ4v) is 2.04. The molecule has 3 heteroatoms. The Bertz CT molecular complexity index is 349. The van der Waals surface area contributed by atoms with E-state index in [2.05, 4.69) is 76.2 Å². The van der Waals surface area contributed by atoms with Gasteiger partial charge in [-0.15, -0.1) is 0 Å². The minimum atomic E-state index is 0. The summed E-state index contributed by atoms with van der Waals surface area (Å²) < 4.78 is 0. The van der Waals surface area contributed by atoms with Gasteiger partial charge in [-0.2, -0.15) is 35.4 Å². The molecule has 0 saturated carbocycles. The van der Waals surface area contributed by atoms with Gasteiger partial charge in [0.15, 0.2) is 0 Å². The van der Waals surface area contributed by atoms with Crippen molar-refractivity contribution < 1.29 is 35.3 Å². The minimum absolute atomic E-state index is 0. The van der Waals surface area contributed by atoms with Gasteiger partial charge in [0.1, 0.15) is 0 Å². The van der Waals surface area contributed by atoms with E-state index in [9.17, 15) is 0 Å². The van der Waals surface area contributed by atoms with Crippen molar-refractivity contribution >= 4 is 0 Å². The molecule has 0 saturated heterocycles. The average Bonchev–Trinajstić information content (AvgIpc) is 2.90. The molecule has 0 bridgehead atoms. The van der Waals surface area contributed by atoms with Crippen LogP contribution in [0.5, 0.6) is 0 Å². The zero-order chi connectivity index (χ0) is 13.4. The standard InChI is InChI=1S/2C9H13.2FH.Hf/c2*1-8(2)7-9-5-3-4-6-9;;;/h2*3-6,8H,7H2,1-2H3;2*1H;/q2*-1;;;+4/p-2. The van der Waals surface area contributed by atoms with Gasteiger partial charge in [-0.25, -0.2) is 24.3 Å². The molecular formula is C18H26F2Hf. The van der Waals surface area contributed by atoms with E-state index in [0.29, 0.717) is 0 Å².